The van der Waals surface area contributed by atoms with Gasteiger partial charge in [0, 0.05) is 12.3 Å². The summed E-state index contributed by atoms with van der Waals surface area (Å²) in [6.07, 6.45) is 4.19. The molecule has 80 valence electrons. The van der Waals surface area contributed by atoms with Gasteiger partial charge in [0.15, 0.2) is 0 Å². The van der Waals surface area contributed by atoms with E-state index in [0.717, 1.165) is 19.3 Å². The van der Waals surface area contributed by atoms with E-state index in [1.54, 1.807) is 0 Å². The molecule has 0 aliphatic heterocycles. The van der Waals surface area contributed by atoms with Crippen LogP contribution in [0, 0.1) is 5.92 Å². The topological polar surface area (TPSA) is 60.2 Å². The second-order valence-corrected chi connectivity index (χ2v) is 6.36. The van der Waals surface area contributed by atoms with Crippen LogP contribution in [0.4, 0.5) is 0 Å². The first-order valence-corrected chi connectivity index (χ1v) is 6.80. The number of rotatable bonds is 6. The second-order valence-electron chi connectivity index (χ2n) is 4.18. The molecule has 0 heterocycles. The maximum Gasteiger partial charge on any atom is 0.148 e. The minimum Gasteiger partial charge on any atom is -0.327 e. The Morgan fingerprint density at radius 3 is 2.15 bits per heavy atom. The van der Waals surface area contributed by atoms with E-state index in [1.165, 1.54) is 6.26 Å². The molecule has 2 N–H and O–H groups in total. The SMILES string of the molecule is CC(C)CCCC(N)CS(C)(=O)=O. The van der Waals surface area contributed by atoms with E-state index in [4.69, 9.17) is 5.73 Å². The predicted octanol–water partition coefficient (Wildman–Crippen LogP) is 1.18. The summed E-state index contributed by atoms with van der Waals surface area (Å²) in [6.45, 7) is 4.31. The van der Waals surface area contributed by atoms with Gasteiger partial charge in [0.2, 0.25) is 0 Å². The summed E-state index contributed by atoms with van der Waals surface area (Å²) in [4.78, 5) is 0. The van der Waals surface area contributed by atoms with Gasteiger partial charge >= 0.3 is 0 Å². The van der Waals surface area contributed by atoms with E-state index < -0.39 is 9.84 Å². The molecule has 0 rings (SSSR count). The maximum absolute atomic E-state index is 10.9. The average Bonchev–Trinajstić information content (AvgIpc) is 1.81. The number of nitrogens with two attached hydrogens (primary N) is 1. The molecule has 0 aliphatic carbocycles. The summed E-state index contributed by atoms with van der Waals surface area (Å²) in [5.41, 5.74) is 5.67. The third kappa shape index (κ3) is 9.83. The highest BCUT2D eigenvalue weighted by Gasteiger charge is 2.10. The Morgan fingerprint density at radius 1 is 1.23 bits per heavy atom. The lowest BCUT2D eigenvalue weighted by Gasteiger charge is -2.10. The van der Waals surface area contributed by atoms with Crippen molar-refractivity contribution in [3.63, 3.8) is 0 Å². The molecular weight excluding hydrogens is 186 g/mol. The van der Waals surface area contributed by atoms with Crippen molar-refractivity contribution in [3.05, 3.63) is 0 Å². The highest BCUT2D eigenvalue weighted by Crippen LogP contribution is 2.08. The molecule has 0 spiro atoms. The minimum atomic E-state index is -2.90. The van der Waals surface area contributed by atoms with Crippen LogP contribution in [0.3, 0.4) is 0 Å². The van der Waals surface area contributed by atoms with Gasteiger partial charge in [0.1, 0.15) is 9.84 Å². The van der Waals surface area contributed by atoms with Crippen molar-refractivity contribution in [3.8, 4) is 0 Å². The van der Waals surface area contributed by atoms with Gasteiger partial charge in [-0.2, -0.15) is 0 Å². The van der Waals surface area contributed by atoms with Gasteiger partial charge in [0.25, 0.3) is 0 Å². The molecule has 0 aromatic rings. The molecule has 0 fully saturated rings. The highest BCUT2D eigenvalue weighted by atomic mass is 32.2. The summed E-state index contributed by atoms with van der Waals surface area (Å²) < 4.78 is 21.7. The molecular formula is C9H21NO2S. The Morgan fingerprint density at radius 2 is 1.77 bits per heavy atom. The fourth-order valence-corrected chi connectivity index (χ4v) is 2.20. The normalized spacial score (nSPS) is 14.8. The molecule has 13 heavy (non-hydrogen) atoms. The molecule has 0 saturated heterocycles. The monoisotopic (exact) mass is 207 g/mol. The Kier molecular flexibility index (Phi) is 5.56. The fraction of sp³-hybridized carbons (Fsp3) is 1.00. The smallest absolute Gasteiger partial charge is 0.148 e. The van der Waals surface area contributed by atoms with Gasteiger partial charge in [-0.3, -0.25) is 0 Å². The minimum absolute atomic E-state index is 0.116. The Balaban J connectivity index is 3.58. The van der Waals surface area contributed by atoms with E-state index in [0.29, 0.717) is 5.92 Å². The van der Waals surface area contributed by atoms with Crippen LogP contribution >= 0.6 is 0 Å². The third-order valence-electron chi connectivity index (χ3n) is 1.87. The van der Waals surface area contributed by atoms with Crippen molar-refractivity contribution in [2.45, 2.75) is 39.2 Å². The van der Waals surface area contributed by atoms with Crippen LogP contribution in [0.15, 0.2) is 0 Å². The highest BCUT2D eigenvalue weighted by molar-refractivity contribution is 7.90. The zero-order valence-electron chi connectivity index (χ0n) is 8.79. The fourth-order valence-electron chi connectivity index (χ4n) is 1.26. The first-order chi connectivity index (χ1) is 5.81. The van der Waals surface area contributed by atoms with Gasteiger partial charge in [-0.05, 0) is 12.3 Å². The summed E-state index contributed by atoms with van der Waals surface area (Å²) in [7, 11) is -2.90. The molecule has 4 heteroatoms. The summed E-state index contributed by atoms with van der Waals surface area (Å²) >= 11 is 0. The van der Waals surface area contributed by atoms with E-state index >= 15 is 0 Å². The van der Waals surface area contributed by atoms with E-state index in [-0.39, 0.29) is 11.8 Å². The summed E-state index contributed by atoms with van der Waals surface area (Å²) in [6, 6.07) is -0.186. The molecule has 3 nitrogen and oxygen atoms in total. The zero-order chi connectivity index (χ0) is 10.5. The van der Waals surface area contributed by atoms with Gasteiger partial charge in [0.05, 0.1) is 5.75 Å². The van der Waals surface area contributed by atoms with Crippen LogP contribution in [0.1, 0.15) is 33.1 Å². The number of sulfone groups is 1. The van der Waals surface area contributed by atoms with Crippen LogP contribution in [0.2, 0.25) is 0 Å². The van der Waals surface area contributed by atoms with Crippen LogP contribution in [0.25, 0.3) is 0 Å². The van der Waals surface area contributed by atoms with Gasteiger partial charge in [-0.1, -0.05) is 26.7 Å². The quantitative estimate of drug-likeness (QED) is 0.711. The van der Waals surface area contributed by atoms with Crippen molar-refractivity contribution >= 4 is 9.84 Å². The third-order valence-corrected chi connectivity index (χ3v) is 2.91. The lowest BCUT2D eigenvalue weighted by molar-refractivity contribution is 0.508. The van der Waals surface area contributed by atoms with Gasteiger partial charge in [-0.25, -0.2) is 8.42 Å². The zero-order valence-corrected chi connectivity index (χ0v) is 9.60. The van der Waals surface area contributed by atoms with E-state index in [1.807, 2.05) is 0 Å². The molecule has 0 aliphatic rings. The lowest BCUT2D eigenvalue weighted by Crippen LogP contribution is -2.29. The van der Waals surface area contributed by atoms with Gasteiger partial charge < -0.3 is 5.73 Å². The Labute approximate surface area is 81.6 Å². The molecule has 1 unspecified atom stereocenters. The summed E-state index contributed by atoms with van der Waals surface area (Å²) in [5.74, 6) is 0.788. The molecule has 0 amide bonds. The second kappa shape index (κ2) is 5.60. The molecule has 0 bridgehead atoms. The van der Waals surface area contributed by atoms with Crippen molar-refractivity contribution in [1.29, 1.82) is 0 Å². The lowest BCUT2D eigenvalue weighted by atomic mass is 10.0. The Bertz CT molecular complexity index is 222. The summed E-state index contributed by atoms with van der Waals surface area (Å²) in [5, 5.41) is 0. The molecule has 0 aromatic carbocycles. The van der Waals surface area contributed by atoms with Crippen molar-refractivity contribution < 1.29 is 8.42 Å². The molecule has 0 aromatic heterocycles. The first kappa shape index (κ1) is 12.9. The van der Waals surface area contributed by atoms with Crippen molar-refractivity contribution in [2.75, 3.05) is 12.0 Å². The van der Waals surface area contributed by atoms with Crippen LogP contribution in [-0.4, -0.2) is 26.5 Å². The molecule has 0 saturated carbocycles. The van der Waals surface area contributed by atoms with Crippen molar-refractivity contribution in [1.82, 2.24) is 0 Å². The van der Waals surface area contributed by atoms with Crippen molar-refractivity contribution in [2.24, 2.45) is 11.7 Å². The average molecular weight is 207 g/mol. The molecule has 0 radical (unpaired) electrons. The van der Waals surface area contributed by atoms with Gasteiger partial charge in [-0.15, -0.1) is 0 Å². The predicted molar refractivity (Wildman–Crippen MR) is 56.4 cm³/mol. The Hall–Kier alpha value is -0.0900. The van der Waals surface area contributed by atoms with E-state index in [2.05, 4.69) is 13.8 Å². The first-order valence-electron chi connectivity index (χ1n) is 4.74. The van der Waals surface area contributed by atoms with E-state index in [9.17, 15) is 8.42 Å². The standard InChI is InChI=1S/C9H21NO2S/c1-8(2)5-4-6-9(10)7-13(3,11)12/h8-9H,4-7,10H2,1-3H3. The largest absolute Gasteiger partial charge is 0.327 e. The number of hydrogen-bond donors (Lipinski definition) is 1. The molecule has 1 atom stereocenters. The van der Waals surface area contributed by atoms with Crippen LogP contribution in [-0.2, 0) is 9.84 Å². The van der Waals surface area contributed by atoms with Crippen LogP contribution in [0.5, 0.6) is 0 Å². The number of hydrogen-bond acceptors (Lipinski definition) is 3. The van der Waals surface area contributed by atoms with Crippen LogP contribution < -0.4 is 5.73 Å². The maximum atomic E-state index is 10.9.